The van der Waals surface area contributed by atoms with Crippen molar-refractivity contribution >= 4 is 21.8 Å². The summed E-state index contributed by atoms with van der Waals surface area (Å²) in [4.78, 5) is 31.6. The minimum atomic E-state index is -3.31. The lowest BCUT2D eigenvalue weighted by Crippen LogP contribution is -2.37. The number of rotatable bonds is 6. The van der Waals surface area contributed by atoms with E-state index in [9.17, 15) is 18.0 Å². The average Bonchev–Trinajstić information content (AvgIpc) is 3.16. The zero-order valence-corrected chi connectivity index (χ0v) is 21.4. The van der Waals surface area contributed by atoms with E-state index in [4.69, 9.17) is 4.74 Å². The summed E-state index contributed by atoms with van der Waals surface area (Å²) in [5.41, 5.74) is 2.39. The Bertz CT molecular complexity index is 1170. The topological polar surface area (TPSA) is 106 Å². The first kappa shape index (κ1) is 25.7. The summed E-state index contributed by atoms with van der Waals surface area (Å²) in [6.07, 6.45) is 0.945. The monoisotopic (exact) mass is 487 g/mol. The predicted molar refractivity (Wildman–Crippen MR) is 129 cm³/mol. The minimum Gasteiger partial charge on any atom is -0.444 e. The Labute approximate surface area is 201 Å². The van der Waals surface area contributed by atoms with E-state index in [0.717, 1.165) is 11.1 Å². The maximum absolute atomic E-state index is 12.8. The molecule has 0 saturated heterocycles. The number of nitrogens with one attached hydrogen (secondary N) is 1. The molecule has 34 heavy (non-hydrogen) atoms. The molecule has 0 unspecified atom stereocenters. The standard InChI is InChI=1S/C25H33N3O5S/c1-7-34(31,32)20-10-9-19(26-14-20)13-27-23(29)17-8-11-21-18(12-17)15-28(22(21)16(2)3)24(30)33-25(4,5)6/h8-12,14,16,22H,7,13,15H2,1-6H3,(H,27,29)/t22-/m1/s1. The highest BCUT2D eigenvalue weighted by Crippen LogP contribution is 2.39. The van der Waals surface area contributed by atoms with Crippen molar-refractivity contribution in [2.75, 3.05) is 5.75 Å². The maximum Gasteiger partial charge on any atom is 0.411 e. The summed E-state index contributed by atoms with van der Waals surface area (Å²) >= 11 is 0. The van der Waals surface area contributed by atoms with E-state index < -0.39 is 15.4 Å². The molecule has 3 rings (SSSR count). The highest BCUT2D eigenvalue weighted by Gasteiger charge is 2.38. The second-order valence-electron chi connectivity index (χ2n) is 9.78. The number of carbonyl (C=O) groups excluding carboxylic acids is 2. The molecular formula is C25H33N3O5S. The molecule has 1 N–H and O–H groups in total. The molecule has 0 bridgehead atoms. The van der Waals surface area contributed by atoms with Gasteiger partial charge in [-0.1, -0.05) is 26.8 Å². The summed E-state index contributed by atoms with van der Waals surface area (Å²) in [6.45, 7) is 11.8. The second kappa shape index (κ2) is 9.74. The SMILES string of the molecule is CCS(=O)(=O)c1ccc(CNC(=O)c2ccc3c(c2)CN(C(=O)OC(C)(C)C)[C@@H]3C(C)C)nc1. The number of fused-ring (bicyclic) bond motifs is 1. The Kier molecular flexibility index (Phi) is 7.35. The van der Waals surface area contributed by atoms with E-state index in [-0.39, 0.29) is 41.2 Å². The number of carbonyl (C=O) groups is 2. The van der Waals surface area contributed by atoms with Gasteiger partial charge in [0.1, 0.15) is 5.60 Å². The van der Waals surface area contributed by atoms with Crippen molar-refractivity contribution < 1.29 is 22.7 Å². The van der Waals surface area contributed by atoms with Crippen LogP contribution in [0.1, 0.15) is 74.8 Å². The van der Waals surface area contributed by atoms with Crippen LogP contribution in [0.15, 0.2) is 41.4 Å². The number of hydrogen-bond acceptors (Lipinski definition) is 6. The van der Waals surface area contributed by atoms with Gasteiger partial charge in [0.25, 0.3) is 5.91 Å². The van der Waals surface area contributed by atoms with Crippen molar-refractivity contribution in [3.63, 3.8) is 0 Å². The Morgan fingerprint density at radius 2 is 1.91 bits per heavy atom. The zero-order chi connectivity index (χ0) is 25.3. The van der Waals surface area contributed by atoms with Gasteiger partial charge in [-0.05, 0) is 62.1 Å². The summed E-state index contributed by atoms with van der Waals surface area (Å²) in [6, 6.07) is 8.45. The van der Waals surface area contributed by atoms with Crippen LogP contribution >= 0.6 is 0 Å². The van der Waals surface area contributed by atoms with Gasteiger partial charge in [-0.25, -0.2) is 13.2 Å². The lowest BCUT2D eigenvalue weighted by Gasteiger charge is -2.30. The molecule has 0 spiro atoms. The molecule has 9 heteroatoms. The lowest BCUT2D eigenvalue weighted by molar-refractivity contribution is 0.0127. The summed E-state index contributed by atoms with van der Waals surface area (Å²) in [7, 11) is -3.31. The van der Waals surface area contributed by atoms with Crippen molar-refractivity contribution in [3.05, 3.63) is 58.9 Å². The van der Waals surface area contributed by atoms with Crippen molar-refractivity contribution in [1.29, 1.82) is 0 Å². The van der Waals surface area contributed by atoms with Crippen LogP contribution in [0.3, 0.4) is 0 Å². The number of amides is 2. The molecule has 0 fully saturated rings. The number of aromatic nitrogens is 1. The van der Waals surface area contributed by atoms with E-state index in [0.29, 0.717) is 17.8 Å². The fourth-order valence-electron chi connectivity index (χ4n) is 3.98. The van der Waals surface area contributed by atoms with Crippen LogP contribution in [0.5, 0.6) is 0 Å². The van der Waals surface area contributed by atoms with Gasteiger partial charge in [0.15, 0.2) is 9.84 Å². The largest absolute Gasteiger partial charge is 0.444 e. The quantitative estimate of drug-likeness (QED) is 0.653. The van der Waals surface area contributed by atoms with Gasteiger partial charge in [0.05, 0.1) is 35.5 Å². The Morgan fingerprint density at radius 1 is 1.21 bits per heavy atom. The smallest absolute Gasteiger partial charge is 0.411 e. The molecule has 2 heterocycles. The van der Waals surface area contributed by atoms with Gasteiger partial charge in [-0.15, -0.1) is 0 Å². The Balaban J connectivity index is 1.72. The first-order chi connectivity index (χ1) is 15.8. The molecule has 1 aliphatic rings. The molecule has 0 radical (unpaired) electrons. The summed E-state index contributed by atoms with van der Waals surface area (Å²) < 4.78 is 29.4. The number of sulfone groups is 1. The highest BCUT2D eigenvalue weighted by atomic mass is 32.2. The molecular weight excluding hydrogens is 454 g/mol. The third kappa shape index (κ3) is 5.75. The van der Waals surface area contributed by atoms with Crippen LogP contribution in [-0.4, -0.2) is 41.7 Å². The predicted octanol–water partition coefficient (Wildman–Crippen LogP) is 4.25. The lowest BCUT2D eigenvalue weighted by atomic mass is 9.94. The Hall–Kier alpha value is -2.94. The van der Waals surface area contributed by atoms with Crippen LogP contribution in [0.2, 0.25) is 0 Å². The normalized spacial score (nSPS) is 15.9. The van der Waals surface area contributed by atoms with Gasteiger partial charge >= 0.3 is 6.09 Å². The molecule has 0 saturated carbocycles. The van der Waals surface area contributed by atoms with Crippen LogP contribution in [0.25, 0.3) is 0 Å². The molecule has 1 aliphatic heterocycles. The molecule has 8 nitrogen and oxygen atoms in total. The molecule has 1 atom stereocenters. The molecule has 1 aromatic carbocycles. The van der Waals surface area contributed by atoms with E-state index in [1.54, 1.807) is 24.0 Å². The average molecular weight is 488 g/mol. The molecule has 1 aromatic heterocycles. The summed E-state index contributed by atoms with van der Waals surface area (Å²) in [5, 5.41) is 2.82. The minimum absolute atomic E-state index is 0.00607. The first-order valence-corrected chi connectivity index (χ1v) is 13.1. The summed E-state index contributed by atoms with van der Waals surface area (Å²) in [5.74, 6) is -0.0859. The molecule has 0 aliphatic carbocycles. The second-order valence-corrected chi connectivity index (χ2v) is 12.1. The van der Waals surface area contributed by atoms with Gasteiger partial charge in [0, 0.05) is 11.8 Å². The van der Waals surface area contributed by atoms with E-state index in [2.05, 4.69) is 24.1 Å². The number of benzene rings is 1. The van der Waals surface area contributed by atoms with E-state index in [1.165, 1.54) is 12.3 Å². The van der Waals surface area contributed by atoms with E-state index in [1.807, 2.05) is 32.9 Å². The van der Waals surface area contributed by atoms with Crippen LogP contribution in [0.4, 0.5) is 4.79 Å². The van der Waals surface area contributed by atoms with Gasteiger partial charge < -0.3 is 10.1 Å². The van der Waals surface area contributed by atoms with Gasteiger partial charge in [-0.2, -0.15) is 0 Å². The Morgan fingerprint density at radius 3 is 2.47 bits per heavy atom. The van der Waals surface area contributed by atoms with Crippen molar-refractivity contribution in [2.24, 2.45) is 5.92 Å². The molecule has 184 valence electrons. The number of pyridine rings is 1. The van der Waals surface area contributed by atoms with Crippen molar-refractivity contribution in [3.8, 4) is 0 Å². The highest BCUT2D eigenvalue weighted by molar-refractivity contribution is 7.91. The number of hydrogen-bond donors (Lipinski definition) is 1. The van der Waals surface area contributed by atoms with Gasteiger partial charge in [-0.3, -0.25) is 14.7 Å². The van der Waals surface area contributed by atoms with Crippen LogP contribution in [-0.2, 0) is 27.7 Å². The third-order valence-corrected chi connectivity index (χ3v) is 7.35. The molecule has 2 amide bonds. The molecule has 2 aromatic rings. The van der Waals surface area contributed by atoms with Crippen LogP contribution in [0, 0.1) is 5.92 Å². The van der Waals surface area contributed by atoms with Crippen LogP contribution < -0.4 is 5.32 Å². The van der Waals surface area contributed by atoms with Gasteiger partial charge in [0.2, 0.25) is 0 Å². The fraction of sp³-hybridized carbons (Fsp3) is 0.480. The van der Waals surface area contributed by atoms with Crippen molar-refractivity contribution in [1.82, 2.24) is 15.2 Å². The van der Waals surface area contributed by atoms with E-state index >= 15 is 0 Å². The first-order valence-electron chi connectivity index (χ1n) is 11.4. The zero-order valence-electron chi connectivity index (χ0n) is 20.6. The third-order valence-electron chi connectivity index (χ3n) is 5.63. The maximum atomic E-state index is 12.8. The van der Waals surface area contributed by atoms with Crippen molar-refractivity contribution in [2.45, 2.75) is 71.2 Å². The number of ether oxygens (including phenoxy) is 1. The fourth-order valence-corrected chi connectivity index (χ4v) is 4.80. The number of nitrogens with zero attached hydrogens (tertiary/aromatic N) is 2.